The Morgan fingerprint density at radius 1 is 1.30 bits per heavy atom. The van der Waals surface area contributed by atoms with Gasteiger partial charge in [0.05, 0.1) is 11.6 Å². The summed E-state index contributed by atoms with van der Waals surface area (Å²) in [6.45, 7) is 3.10. The Morgan fingerprint density at radius 2 is 2.11 bits per heavy atom. The highest BCUT2D eigenvalue weighted by atomic mass is 127. The lowest BCUT2D eigenvalue weighted by molar-refractivity contribution is -0.0498. The Bertz CT molecular complexity index is 712. The molecule has 9 heteroatoms. The van der Waals surface area contributed by atoms with E-state index in [2.05, 4.69) is 32.3 Å². The lowest BCUT2D eigenvalue weighted by Gasteiger charge is -2.11. The number of nitrogens with zero attached hydrogens (tertiary/aromatic N) is 2. The van der Waals surface area contributed by atoms with Crippen LogP contribution in [0.2, 0.25) is 0 Å². The van der Waals surface area contributed by atoms with Crippen molar-refractivity contribution in [2.45, 2.75) is 39.8 Å². The summed E-state index contributed by atoms with van der Waals surface area (Å²) in [5.74, 6) is 0.820. The van der Waals surface area contributed by atoms with E-state index in [1.165, 1.54) is 10.9 Å². The van der Waals surface area contributed by atoms with Crippen LogP contribution in [0.4, 0.5) is 8.78 Å². The number of hydrogen-bond acceptors (Lipinski definition) is 4. The number of aromatic nitrogens is 1. The Morgan fingerprint density at radius 3 is 2.78 bits per heavy atom. The summed E-state index contributed by atoms with van der Waals surface area (Å²) in [6.07, 6.45) is 3.75. The van der Waals surface area contributed by atoms with Crippen LogP contribution in [0.1, 0.15) is 29.3 Å². The maximum Gasteiger partial charge on any atom is 0.387 e. The Labute approximate surface area is 179 Å². The molecule has 0 bridgehead atoms. The zero-order valence-corrected chi connectivity index (χ0v) is 18.5. The molecule has 0 aliphatic rings. The third kappa shape index (κ3) is 8.83. The number of aryl methyl sites for hydroxylation is 1. The predicted octanol–water partition coefficient (Wildman–Crippen LogP) is 4.22. The van der Waals surface area contributed by atoms with Crippen molar-refractivity contribution in [3.8, 4) is 5.75 Å². The van der Waals surface area contributed by atoms with Crippen LogP contribution in [0.25, 0.3) is 0 Å². The minimum absolute atomic E-state index is 0. The second-order valence-corrected chi connectivity index (χ2v) is 6.67. The van der Waals surface area contributed by atoms with Gasteiger partial charge < -0.3 is 15.4 Å². The second-order valence-electron chi connectivity index (χ2n) is 5.47. The van der Waals surface area contributed by atoms with Gasteiger partial charge in [0.25, 0.3) is 0 Å². The lowest BCUT2D eigenvalue weighted by atomic mass is 10.2. The topological polar surface area (TPSA) is 58.5 Å². The molecule has 2 rings (SSSR count). The number of nitrogens with one attached hydrogen (secondary N) is 2. The normalized spacial score (nSPS) is 11.2. The fourth-order valence-electron chi connectivity index (χ4n) is 2.25. The van der Waals surface area contributed by atoms with E-state index in [1.54, 1.807) is 23.5 Å². The van der Waals surface area contributed by atoms with Crippen molar-refractivity contribution < 1.29 is 13.5 Å². The van der Waals surface area contributed by atoms with Crippen LogP contribution in [-0.2, 0) is 19.4 Å². The van der Waals surface area contributed by atoms with Crippen molar-refractivity contribution in [1.82, 2.24) is 15.6 Å². The Balaban J connectivity index is 0.00000364. The molecule has 2 N–H and O–H groups in total. The number of thiazole rings is 1. The summed E-state index contributed by atoms with van der Waals surface area (Å²) < 4.78 is 29.0. The fourth-order valence-corrected chi connectivity index (χ4v) is 3.11. The summed E-state index contributed by atoms with van der Waals surface area (Å²) in [5.41, 5.74) is 0.799. The molecule has 1 aromatic carbocycles. The van der Waals surface area contributed by atoms with E-state index in [-0.39, 0.29) is 29.7 Å². The highest BCUT2D eigenvalue weighted by Gasteiger charge is 2.05. The van der Waals surface area contributed by atoms with Gasteiger partial charge in [0.1, 0.15) is 5.75 Å². The van der Waals surface area contributed by atoms with E-state index in [1.807, 2.05) is 19.2 Å². The Hall–Kier alpha value is -1.49. The van der Waals surface area contributed by atoms with Gasteiger partial charge >= 0.3 is 6.61 Å². The number of guanidine groups is 1. The molecule has 150 valence electrons. The molecular formula is C18H25F2IN4OS. The van der Waals surface area contributed by atoms with Gasteiger partial charge in [0, 0.05) is 30.6 Å². The second kappa shape index (κ2) is 12.8. The fraction of sp³-hybridized carbons (Fsp3) is 0.444. The van der Waals surface area contributed by atoms with Crippen molar-refractivity contribution in [2.75, 3.05) is 13.1 Å². The van der Waals surface area contributed by atoms with Gasteiger partial charge in [-0.2, -0.15) is 8.78 Å². The number of alkyl halides is 2. The highest BCUT2D eigenvalue weighted by Crippen LogP contribution is 2.16. The molecule has 0 saturated heterocycles. The monoisotopic (exact) mass is 510 g/mol. The van der Waals surface area contributed by atoms with Crippen molar-refractivity contribution in [3.05, 3.63) is 45.9 Å². The van der Waals surface area contributed by atoms with Gasteiger partial charge in [0.2, 0.25) is 0 Å². The van der Waals surface area contributed by atoms with Gasteiger partial charge in [-0.25, -0.2) is 9.98 Å². The molecule has 0 fully saturated rings. The number of halogens is 3. The molecule has 0 unspecified atom stereocenters. The molecular weight excluding hydrogens is 485 g/mol. The molecule has 0 atom stereocenters. The summed E-state index contributed by atoms with van der Waals surface area (Å²) >= 11 is 1.73. The molecule has 0 aliphatic carbocycles. The molecule has 5 nitrogen and oxygen atoms in total. The molecule has 2 aromatic rings. The van der Waals surface area contributed by atoms with Crippen LogP contribution >= 0.6 is 35.3 Å². The quantitative estimate of drug-likeness (QED) is 0.302. The molecule has 0 aliphatic heterocycles. The molecule has 1 heterocycles. The number of hydrogen-bond donors (Lipinski definition) is 2. The predicted molar refractivity (Wildman–Crippen MR) is 117 cm³/mol. The van der Waals surface area contributed by atoms with Crippen molar-refractivity contribution in [1.29, 1.82) is 0 Å². The number of rotatable bonds is 9. The lowest BCUT2D eigenvalue weighted by Crippen LogP contribution is -2.38. The molecule has 0 amide bonds. The molecule has 0 spiro atoms. The van der Waals surface area contributed by atoms with E-state index in [0.29, 0.717) is 12.5 Å². The average molecular weight is 510 g/mol. The molecule has 0 saturated carbocycles. The van der Waals surface area contributed by atoms with Crippen LogP contribution in [0, 0.1) is 0 Å². The third-order valence-electron chi connectivity index (χ3n) is 3.47. The minimum atomic E-state index is -2.83. The first-order valence-electron chi connectivity index (χ1n) is 8.60. The zero-order valence-electron chi connectivity index (χ0n) is 15.4. The van der Waals surface area contributed by atoms with Gasteiger partial charge in [-0.1, -0.05) is 19.1 Å². The van der Waals surface area contributed by atoms with Gasteiger partial charge in [0.15, 0.2) is 5.96 Å². The van der Waals surface area contributed by atoms with Gasteiger partial charge in [-0.15, -0.1) is 35.3 Å². The van der Waals surface area contributed by atoms with Crippen LogP contribution in [0.5, 0.6) is 5.75 Å². The molecule has 0 radical (unpaired) electrons. The number of ether oxygens (including phenoxy) is 1. The first kappa shape index (κ1) is 23.5. The van der Waals surface area contributed by atoms with Gasteiger partial charge in [-0.05, 0) is 31.0 Å². The van der Waals surface area contributed by atoms with E-state index < -0.39 is 6.61 Å². The van der Waals surface area contributed by atoms with Crippen LogP contribution in [-0.4, -0.2) is 30.6 Å². The maximum atomic E-state index is 12.3. The largest absolute Gasteiger partial charge is 0.435 e. The molecule has 27 heavy (non-hydrogen) atoms. The smallest absolute Gasteiger partial charge is 0.387 e. The standard InChI is InChI=1S/C18H24F2N4OS.HI/c1-3-15-12-23-16(26-15)8-9-22-18(21-4-2)24-11-13-6-5-7-14(10-13)25-17(19)20;/h5-7,10,12,17H,3-4,8-9,11H2,1-2H3,(H2,21,22,24);1H. The molecule has 1 aromatic heterocycles. The number of benzene rings is 1. The van der Waals surface area contributed by atoms with E-state index in [0.717, 1.165) is 36.5 Å². The van der Waals surface area contributed by atoms with E-state index >= 15 is 0 Å². The summed E-state index contributed by atoms with van der Waals surface area (Å²) in [7, 11) is 0. The maximum absolute atomic E-state index is 12.3. The Kier molecular flexibility index (Phi) is 11.2. The summed E-state index contributed by atoms with van der Waals surface area (Å²) in [4.78, 5) is 10.2. The first-order chi connectivity index (χ1) is 12.6. The third-order valence-corrected chi connectivity index (χ3v) is 4.67. The van der Waals surface area contributed by atoms with E-state index in [9.17, 15) is 8.78 Å². The summed E-state index contributed by atoms with van der Waals surface area (Å²) in [6, 6.07) is 6.58. The average Bonchev–Trinajstić information content (AvgIpc) is 3.07. The van der Waals surface area contributed by atoms with Crippen molar-refractivity contribution in [3.63, 3.8) is 0 Å². The van der Waals surface area contributed by atoms with Gasteiger partial charge in [-0.3, -0.25) is 0 Å². The minimum Gasteiger partial charge on any atom is -0.435 e. The SMILES string of the molecule is CCNC(=NCc1cccc(OC(F)F)c1)NCCc1ncc(CC)s1.I. The summed E-state index contributed by atoms with van der Waals surface area (Å²) in [5, 5.41) is 7.54. The van der Waals surface area contributed by atoms with Crippen LogP contribution in [0.3, 0.4) is 0 Å². The van der Waals surface area contributed by atoms with Crippen LogP contribution < -0.4 is 15.4 Å². The highest BCUT2D eigenvalue weighted by molar-refractivity contribution is 14.0. The van der Waals surface area contributed by atoms with Crippen LogP contribution in [0.15, 0.2) is 35.5 Å². The zero-order chi connectivity index (χ0) is 18.8. The number of aliphatic imine (C=N–C) groups is 1. The van der Waals surface area contributed by atoms with Crippen molar-refractivity contribution >= 4 is 41.3 Å². The van der Waals surface area contributed by atoms with Crippen molar-refractivity contribution in [2.24, 2.45) is 4.99 Å². The van der Waals surface area contributed by atoms with E-state index in [4.69, 9.17) is 0 Å². The first-order valence-corrected chi connectivity index (χ1v) is 9.41.